The molecule has 98 valence electrons. The second-order valence-corrected chi connectivity index (χ2v) is 4.89. The second-order valence-electron chi connectivity index (χ2n) is 4.89. The zero-order chi connectivity index (χ0) is 13.6. The molecule has 0 heterocycles. The van der Waals surface area contributed by atoms with Gasteiger partial charge in [0.25, 0.3) is 0 Å². The molecule has 0 aromatic heterocycles. The highest BCUT2D eigenvalue weighted by Gasteiger charge is 2.26. The van der Waals surface area contributed by atoms with E-state index in [-0.39, 0.29) is 12.2 Å². The number of Topliss-reactive ketones (excluding diaryl/α,β-unsaturated/α-hetero) is 2. The summed E-state index contributed by atoms with van der Waals surface area (Å²) in [6.45, 7) is 10.1. The first kappa shape index (κ1) is 15.8. The van der Waals surface area contributed by atoms with Crippen molar-refractivity contribution in [3.63, 3.8) is 0 Å². The van der Waals surface area contributed by atoms with Gasteiger partial charge in [-0.1, -0.05) is 34.6 Å². The van der Waals surface area contributed by atoms with Gasteiger partial charge in [0.15, 0.2) is 0 Å². The van der Waals surface area contributed by atoms with E-state index in [1.807, 2.05) is 13.8 Å². The maximum Gasteiger partial charge on any atom is 0.302 e. The zero-order valence-electron chi connectivity index (χ0n) is 11.3. The Hall–Kier alpha value is -1.23. The van der Waals surface area contributed by atoms with Crippen LogP contribution in [0.1, 0.15) is 41.0 Å². The molecule has 1 amide bonds. The second kappa shape index (κ2) is 6.49. The molecule has 0 bridgehead atoms. The van der Waals surface area contributed by atoms with Crippen LogP contribution in [0.25, 0.3) is 0 Å². The van der Waals surface area contributed by atoms with Crippen LogP contribution in [0.3, 0.4) is 0 Å². The first-order valence-electron chi connectivity index (χ1n) is 5.84. The van der Waals surface area contributed by atoms with Crippen molar-refractivity contribution < 1.29 is 14.4 Å². The number of nitrogens with one attached hydrogen (secondary N) is 1. The quantitative estimate of drug-likeness (QED) is 0.427. The molecule has 1 N–H and O–H groups in total. The van der Waals surface area contributed by atoms with E-state index in [9.17, 15) is 14.4 Å². The predicted octanol–water partition coefficient (Wildman–Crippen LogP) is 0.934. The highest BCUT2D eigenvalue weighted by Crippen LogP contribution is 2.16. The summed E-state index contributed by atoms with van der Waals surface area (Å²) >= 11 is 0. The van der Waals surface area contributed by atoms with Gasteiger partial charge < -0.3 is 0 Å². The lowest BCUT2D eigenvalue weighted by Crippen LogP contribution is -2.45. The minimum Gasteiger partial charge on any atom is -0.299 e. The van der Waals surface area contributed by atoms with Crippen molar-refractivity contribution in [1.82, 2.24) is 10.4 Å². The summed E-state index contributed by atoms with van der Waals surface area (Å²) in [4.78, 5) is 34.6. The van der Waals surface area contributed by atoms with Crippen molar-refractivity contribution in [2.75, 3.05) is 13.1 Å². The van der Waals surface area contributed by atoms with Crippen LogP contribution in [0, 0.1) is 5.41 Å². The van der Waals surface area contributed by atoms with Crippen molar-refractivity contribution in [3.8, 4) is 0 Å². The molecule has 5 nitrogen and oxygen atoms in total. The summed E-state index contributed by atoms with van der Waals surface area (Å²) in [6.07, 6.45) is -0.337. The summed E-state index contributed by atoms with van der Waals surface area (Å²) in [5.41, 5.74) is 1.87. The third-order valence-corrected chi connectivity index (χ3v) is 2.43. The van der Waals surface area contributed by atoms with Crippen molar-refractivity contribution in [2.45, 2.75) is 41.0 Å². The summed E-state index contributed by atoms with van der Waals surface area (Å²) in [6, 6.07) is 0. The minimum atomic E-state index is -0.716. The van der Waals surface area contributed by atoms with Gasteiger partial charge in [-0.05, 0) is 0 Å². The number of rotatable bonds is 6. The fraction of sp³-hybridized carbons (Fsp3) is 0.750. The maximum absolute atomic E-state index is 11.6. The Morgan fingerprint density at radius 1 is 1.06 bits per heavy atom. The molecule has 0 spiro atoms. The van der Waals surface area contributed by atoms with Gasteiger partial charge in [-0.25, -0.2) is 5.01 Å². The van der Waals surface area contributed by atoms with Gasteiger partial charge in [0.05, 0.1) is 6.42 Å². The van der Waals surface area contributed by atoms with Crippen molar-refractivity contribution in [1.29, 1.82) is 0 Å². The molecule has 0 aliphatic rings. The van der Waals surface area contributed by atoms with Crippen LogP contribution in [0.4, 0.5) is 0 Å². The summed E-state index contributed by atoms with van der Waals surface area (Å²) in [5.74, 6) is -1.62. The van der Waals surface area contributed by atoms with E-state index in [4.69, 9.17) is 0 Å². The van der Waals surface area contributed by atoms with Crippen molar-refractivity contribution in [3.05, 3.63) is 0 Å². The number of hydrazine groups is 1. The van der Waals surface area contributed by atoms with E-state index in [1.165, 1.54) is 0 Å². The van der Waals surface area contributed by atoms with Gasteiger partial charge in [-0.15, -0.1) is 0 Å². The average molecular weight is 242 g/mol. The van der Waals surface area contributed by atoms with Crippen LogP contribution in [0.5, 0.6) is 0 Å². The Kier molecular flexibility index (Phi) is 6.02. The number of amides is 1. The molecule has 17 heavy (non-hydrogen) atoms. The number of carbonyl (C=O) groups excluding carboxylic acids is 3. The molecule has 0 saturated carbocycles. The first-order chi connectivity index (χ1) is 7.72. The zero-order valence-corrected chi connectivity index (χ0v) is 11.3. The minimum absolute atomic E-state index is 0.225. The monoisotopic (exact) mass is 242 g/mol. The molecule has 0 aliphatic heterocycles. The lowest BCUT2D eigenvalue weighted by Gasteiger charge is -2.19. The van der Waals surface area contributed by atoms with Crippen LogP contribution in [0.2, 0.25) is 0 Å². The van der Waals surface area contributed by atoms with E-state index in [2.05, 4.69) is 5.43 Å². The molecule has 0 atom stereocenters. The van der Waals surface area contributed by atoms with E-state index < -0.39 is 17.1 Å². The molecule has 0 aromatic carbocycles. The summed E-state index contributed by atoms with van der Waals surface area (Å²) in [5, 5.41) is 1.61. The average Bonchev–Trinajstić information content (AvgIpc) is 2.23. The number of hydrogen-bond donors (Lipinski definition) is 1. The van der Waals surface area contributed by atoms with Crippen LogP contribution in [0.15, 0.2) is 0 Å². The first-order valence-corrected chi connectivity index (χ1v) is 5.84. The van der Waals surface area contributed by atoms with Crippen molar-refractivity contribution in [2.24, 2.45) is 5.41 Å². The van der Waals surface area contributed by atoms with Gasteiger partial charge in [0.1, 0.15) is 5.78 Å². The number of nitrogens with zero attached hydrogens (tertiary/aromatic N) is 1. The third-order valence-electron chi connectivity index (χ3n) is 2.43. The van der Waals surface area contributed by atoms with Gasteiger partial charge >= 0.3 is 5.91 Å². The molecule has 0 aromatic rings. The molecule has 0 saturated heterocycles. The molecule has 0 unspecified atom stereocenters. The van der Waals surface area contributed by atoms with E-state index in [1.54, 1.807) is 25.8 Å². The highest BCUT2D eigenvalue weighted by molar-refractivity contribution is 6.39. The van der Waals surface area contributed by atoms with E-state index >= 15 is 0 Å². The predicted molar refractivity (Wildman–Crippen MR) is 65.1 cm³/mol. The molecule has 0 fully saturated rings. The fourth-order valence-electron chi connectivity index (χ4n) is 1.08. The molecule has 5 heteroatoms. The molecular formula is C12H22N2O3. The topological polar surface area (TPSA) is 66.5 Å². The van der Waals surface area contributed by atoms with Gasteiger partial charge in [-0.3, -0.25) is 19.8 Å². The Morgan fingerprint density at radius 3 is 1.88 bits per heavy atom. The summed E-state index contributed by atoms with van der Waals surface area (Å²) in [7, 11) is 0. The maximum atomic E-state index is 11.6. The Morgan fingerprint density at radius 2 is 1.53 bits per heavy atom. The normalized spacial score (nSPS) is 11.4. The standard InChI is InChI=1S/C12H22N2O3/c1-6-14(7-2)13-11(17)9(15)8-10(16)12(3,4)5/h6-8H2,1-5H3,(H,13,17). The van der Waals surface area contributed by atoms with E-state index in [0.29, 0.717) is 13.1 Å². The Labute approximate surface area is 103 Å². The van der Waals surface area contributed by atoms with Crippen LogP contribution in [-0.4, -0.2) is 35.6 Å². The Bertz CT molecular complexity index is 301. The summed E-state index contributed by atoms with van der Waals surface area (Å²) < 4.78 is 0. The number of hydrogen-bond acceptors (Lipinski definition) is 4. The van der Waals surface area contributed by atoms with Gasteiger partial charge in [-0.2, -0.15) is 0 Å². The molecular weight excluding hydrogens is 220 g/mol. The highest BCUT2D eigenvalue weighted by atomic mass is 16.2. The smallest absolute Gasteiger partial charge is 0.299 e. The largest absolute Gasteiger partial charge is 0.302 e. The van der Waals surface area contributed by atoms with Gasteiger partial charge in [0.2, 0.25) is 5.78 Å². The molecule has 0 rings (SSSR count). The lowest BCUT2D eigenvalue weighted by atomic mass is 9.88. The lowest BCUT2D eigenvalue weighted by molar-refractivity contribution is -0.143. The van der Waals surface area contributed by atoms with Crippen LogP contribution in [-0.2, 0) is 14.4 Å². The fourth-order valence-corrected chi connectivity index (χ4v) is 1.08. The van der Waals surface area contributed by atoms with Crippen LogP contribution < -0.4 is 5.43 Å². The molecule has 0 radical (unpaired) electrons. The third kappa shape index (κ3) is 5.58. The van der Waals surface area contributed by atoms with E-state index in [0.717, 1.165) is 0 Å². The van der Waals surface area contributed by atoms with Gasteiger partial charge in [0, 0.05) is 18.5 Å². The SMILES string of the molecule is CCN(CC)NC(=O)C(=O)CC(=O)C(C)(C)C. The van der Waals surface area contributed by atoms with Crippen molar-refractivity contribution >= 4 is 17.5 Å². The number of carbonyl (C=O) groups is 3. The van der Waals surface area contributed by atoms with Crippen LogP contribution >= 0.6 is 0 Å². The number of ketones is 2. The molecule has 0 aliphatic carbocycles. The Balaban J connectivity index is 4.34.